The summed E-state index contributed by atoms with van der Waals surface area (Å²) in [5.74, 6) is 0.934. The first-order valence-corrected chi connectivity index (χ1v) is 7.86. The Morgan fingerprint density at radius 1 is 1.40 bits per heavy atom. The Morgan fingerprint density at radius 2 is 2.20 bits per heavy atom. The summed E-state index contributed by atoms with van der Waals surface area (Å²) in [6.07, 6.45) is 0.983. The van der Waals surface area contributed by atoms with Crippen molar-refractivity contribution in [3.63, 3.8) is 0 Å². The molecule has 0 amide bonds. The van der Waals surface area contributed by atoms with Gasteiger partial charge in [0.1, 0.15) is 12.4 Å². The Hall–Kier alpha value is -1.39. The van der Waals surface area contributed by atoms with E-state index in [1.807, 2.05) is 13.1 Å². The minimum absolute atomic E-state index is 0.270. The van der Waals surface area contributed by atoms with Gasteiger partial charge in [-0.1, -0.05) is 24.6 Å². The monoisotopic (exact) mass is 290 g/mol. The highest BCUT2D eigenvalue weighted by atomic mass is 32.1. The second-order valence-electron chi connectivity index (χ2n) is 4.93. The summed E-state index contributed by atoms with van der Waals surface area (Å²) >= 11 is 1.70. The number of thiazole rings is 1. The van der Waals surface area contributed by atoms with Crippen molar-refractivity contribution in [2.24, 2.45) is 0 Å². The first-order chi connectivity index (χ1) is 9.63. The molecule has 4 heteroatoms. The van der Waals surface area contributed by atoms with E-state index in [1.165, 1.54) is 11.1 Å². The van der Waals surface area contributed by atoms with Gasteiger partial charge in [-0.15, -0.1) is 11.3 Å². The molecular weight excluding hydrogens is 268 g/mol. The van der Waals surface area contributed by atoms with E-state index in [-0.39, 0.29) is 6.04 Å². The molecule has 2 rings (SSSR count). The van der Waals surface area contributed by atoms with Crippen LogP contribution in [0.25, 0.3) is 0 Å². The molecule has 1 N–H and O–H groups in total. The fourth-order valence-corrected chi connectivity index (χ4v) is 2.75. The van der Waals surface area contributed by atoms with E-state index < -0.39 is 0 Å². The number of nitrogens with zero attached hydrogens (tertiary/aromatic N) is 1. The zero-order chi connectivity index (χ0) is 14.5. The van der Waals surface area contributed by atoms with Crippen molar-refractivity contribution in [2.45, 2.75) is 39.8 Å². The van der Waals surface area contributed by atoms with E-state index in [9.17, 15) is 0 Å². The maximum atomic E-state index is 5.96. The Labute approximate surface area is 125 Å². The Kier molecular flexibility index (Phi) is 5.15. The SMILES string of the molecule is CCc1nc(COc2ccc(C)cc2C(C)NC)cs1. The number of rotatable bonds is 6. The number of nitrogens with one attached hydrogen (secondary N) is 1. The van der Waals surface area contributed by atoms with Crippen LogP contribution in [0.4, 0.5) is 0 Å². The fourth-order valence-electron chi connectivity index (χ4n) is 2.02. The molecule has 0 saturated carbocycles. The number of aromatic nitrogens is 1. The van der Waals surface area contributed by atoms with Gasteiger partial charge < -0.3 is 10.1 Å². The lowest BCUT2D eigenvalue weighted by atomic mass is 10.0. The normalized spacial score (nSPS) is 12.4. The van der Waals surface area contributed by atoms with Gasteiger partial charge in [-0.05, 0) is 33.4 Å². The first-order valence-electron chi connectivity index (χ1n) is 6.98. The molecule has 108 valence electrons. The van der Waals surface area contributed by atoms with Crippen LogP contribution >= 0.6 is 11.3 Å². The molecule has 1 aromatic heterocycles. The van der Waals surface area contributed by atoms with Gasteiger partial charge in [0.2, 0.25) is 0 Å². The van der Waals surface area contributed by atoms with E-state index in [4.69, 9.17) is 4.74 Å². The molecule has 3 nitrogen and oxygen atoms in total. The van der Waals surface area contributed by atoms with Crippen LogP contribution in [-0.4, -0.2) is 12.0 Å². The van der Waals surface area contributed by atoms with E-state index in [2.05, 4.69) is 48.6 Å². The van der Waals surface area contributed by atoms with Crippen molar-refractivity contribution in [3.8, 4) is 5.75 Å². The lowest BCUT2D eigenvalue weighted by Crippen LogP contribution is -2.14. The van der Waals surface area contributed by atoms with Gasteiger partial charge in [0, 0.05) is 17.0 Å². The second kappa shape index (κ2) is 6.86. The van der Waals surface area contributed by atoms with E-state index in [1.54, 1.807) is 11.3 Å². The zero-order valence-electron chi connectivity index (χ0n) is 12.6. The zero-order valence-corrected chi connectivity index (χ0v) is 13.4. The molecule has 1 aromatic carbocycles. The van der Waals surface area contributed by atoms with Crippen LogP contribution in [0.5, 0.6) is 5.75 Å². The number of ether oxygens (including phenoxy) is 1. The van der Waals surface area contributed by atoms with Crippen LogP contribution < -0.4 is 10.1 Å². The van der Waals surface area contributed by atoms with Crippen LogP contribution in [0.1, 0.15) is 41.7 Å². The fraction of sp³-hybridized carbons (Fsp3) is 0.438. The topological polar surface area (TPSA) is 34.1 Å². The standard InChI is InChI=1S/C16H22N2OS/c1-5-16-18-13(10-20-16)9-19-15-7-6-11(2)8-14(15)12(3)17-4/h6-8,10,12,17H,5,9H2,1-4H3. The van der Waals surface area contributed by atoms with Crippen LogP contribution in [-0.2, 0) is 13.0 Å². The van der Waals surface area contributed by atoms with Crippen molar-refractivity contribution in [1.29, 1.82) is 0 Å². The van der Waals surface area contributed by atoms with Crippen molar-refractivity contribution in [1.82, 2.24) is 10.3 Å². The third kappa shape index (κ3) is 3.58. The lowest BCUT2D eigenvalue weighted by molar-refractivity contribution is 0.296. The number of benzene rings is 1. The average Bonchev–Trinajstić information content (AvgIpc) is 2.93. The van der Waals surface area contributed by atoms with Crippen LogP contribution in [0.15, 0.2) is 23.6 Å². The number of hydrogen-bond acceptors (Lipinski definition) is 4. The van der Waals surface area contributed by atoms with Gasteiger partial charge in [0.15, 0.2) is 0 Å². The molecule has 20 heavy (non-hydrogen) atoms. The summed E-state index contributed by atoms with van der Waals surface area (Å²) in [5, 5.41) is 6.51. The van der Waals surface area contributed by atoms with Crippen LogP contribution in [0, 0.1) is 6.92 Å². The van der Waals surface area contributed by atoms with Gasteiger partial charge >= 0.3 is 0 Å². The lowest BCUT2D eigenvalue weighted by Gasteiger charge is -2.17. The van der Waals surface area contributed by atoms with Gasteiger partial charge in [-0.25, -0.2) is 4.98 Å². The minimum atomic E-state index is 0.270. The van der Waals surface area contributed by atoms with Crippen molar-refractivity contribution in [3.05, 3.63) is 45.4 Å². The van der Waals surface area contributed by atoms with E-state index in [0.717, 1.165) is 22.9 Å². The molecular formula is C16H22N2OS. The maximum absolute atomic E-state index is 5.96. The summed E-state index contributed by atoms with van der Waals surface area (Å²) in [6.45, 7) is 6.89. The van der Waals surface area contributed by atoms with Crippen molar-refractivity contribution in [2.75, 3.05) is 7.05 Å². The van der Waals surface area contributed by atoms with E-state index >= 15 is 0 Å². The average molecular weight is 290 g/mol. The molecule has 0 aliphatic carbocycles. The highest BCUT2D eigenvalue weighted by molar-refractivity contribution is 7.09. The Bertz CT molecular complexity index is 565. The molecule has 0 saturated heterocycles. The third-order valence-electron chi connectivity index (χ3n) is 3.34. The second-order valence-corrected chi connectivity index (χ2v) is 5.87. The summed E-state index contributed by atoms with van der Waals surface area (Å²) in [7, 11) is 1.96. The van der Waals surface area contributed by atoms with E-state index in [0.29, 0.717) is 6.61 Å². The van der Waals surface area contributed by atoms with Gasteiger partial charge in [-0.2, -0.15) is 0 Å². The van der Waals surface area contributed by atoms with Gasteiger partial charge in [0.05, 0.1) is 10.7 Å². The number of aryl methyl sites for hydroxylation is 2. The smallest absolute Gasteiger partial charge is 0.131 e. The molecule has 0 aliphatic heterocycles. The summed E-state index contributed by atoms with van der Waals surface area (Å²) in [6, 6.07) is 6.58. The molecule has 0 aliphatic rings. The molecule has 2 aromatic rings. The Morgan fingerprint density at radius 3 is 2.85 bits per heavy atom. The predicted octanol–water partition coefficient (Wildman–Crippen LogP) is 3.87. The van der Waals surface area contributed by atoms with Crippen LogP contribution in [0.3, 0.4) is 0 Å². The highest BCUT2D eigenvalue weighted by Crippen LogP contribution is 2.27. The van der Waals surface area contributed by atoms with Crippen molar-refractivity contribution < 1.29 is 4.74 Å². The first kappa shape index (κ1) is 15.0. The molecule has 0 radical (unpaired) electrons. The maximum Gasteiger partial charge on any atom is 0.131 e. The highest BCUT2D eigenvalue weighted by Gasteiger charge is 2.11. The van der Waals surface area contributed by atoms with Gasteiger partial charge in [0.25, 0.3) is 0 Å². The number of hydrogen-bond donors (Lipinski definition) is 1. The summed E-state index contributed by atoms with van der Waals surface area (Å²) in [5.41, 5.74) is 3.45. The predicted molar refractivity (Wildman–Crippen MR) is 84.5 cm³/mol. The Balaban J connectivity index is 2.12. The molecule has 1 heterocycles. The third-order valence-corrected chi connectivity index (χ3v) is 4.38. The van der Waals surface area contributed by atoms with Crippen LogP contribution in [0.2, 0.25) is 0 Å². The summed E-state index contributed by atoms with van der Waals surface area (Å²) in [4.78, 5) is 4.53. The molecule has 0 spiro atoms. The molecule has 1 unspecified atom stereocenters. The minimum Gasteiger partial charge on any atom is -0.487 e. The quantitative estimate of drug-likeness (QED) is 0.877. The molecule has 0 bridgehead atoms. The van der Waals surface area contributed by atoms with Crippen molar-refractivity contribution >= 4 is 11.3 Å². The molecule has 1 atom stereocenters. The van der Waals surface area contributed by atoms with Gasteiger partial charge in [-0.3, -0.25) is 0 Å². The summed E-state index contributed by atoms with van der Waals surface area (Å²) < 4.78 is 5.96. The molecule has 0 fully saturated rings. The largest absolute Gasteiger partial charge is 0.487 e.